The van der Waals surface area contributed by atoms with Crippen LogP contribution < -0.4 is 5.32 Å². The van der Waals surface area contributed by atoms with Gasteiger partial charge < -0.3 is 15.0 Å². The maximum atomic E-state index is 12.1. The highest BCUT2D eigenvalue weighted by molar-refractivity contribution is 5.82. The zero-order chi connectivity index (χ0) is 15.3. The number of esters is 1. The Hall–Kier alpha value is -1.10. The Labute approximate surface area is 128 Å². The van der Waals surface area contributed by atoms with Gasteiger partial charge in [0.25, 0.3) is 0 Å². The van der Waals surface area contributed by atoms with Gasteiger partial charge in [0.05, 0.1) is 11.8 Å². The van der Waals surface area contributed by atoms with Gasteiger partial charge in [-0.25, -0.2) is 0 Å². The predicted molar refractivity (Wildman–Crippen MR) is 84.5 cm³/mol. The summed E-state index contributed by atoms with van der Waals surface area (Å²) in [4.78, 5) is 19.0. The van der Waals surface area contributed by atoms with Gasteiger partial charge in [-0.2, -0.15) is 0 Å². The number of hydrogen-bond donors (Lipinski definition) is 1. The van der Waals surface area contributed by atoms with E-state index in [1.54, 1.807) is 0 Å². The van der Waals surface area contributed by atoms with E-state index in [1.807, 2.05) is 20.8 Å². The summed E-state index contributed by atoms with van der Waals surface area (Å²) in [6.07, 6.45) is 3.96. The fourth-order valence-corrected chi connectivity index (χ4v) is 2.79. The molecule has 1 N–H and O–H groups in total. The van der Waals surface area contributed by atoms with E-state index in [4.69, 9.17) is 4.74 Å². The molecule has 0 aliphatic carbocycles. The largest absolute Gasteiger partial charge is 0.460 e. The van der Waals surface area contributed by atoms with Gasteiger partial charge in [0.2, 0.25) is 0 Å². The number of nitrogens with one attached hydrogen (secondary N) is 1. The number of carbonyl (C=O) groups excluding carboxylic acids is 1. The highest BCUT2D eigenvalue weighted by Crippen LogP contribution is 2.21. The van der Waals surface area contributed by atoms with Gasteiger partial charge in [-0.15, -0.1) is 0 Å². The summed E-state index contributed by atoms with van der Waals surface area (Å²) in [6.45, 7) is 10.8. The summed E-state index contributed by atoms with van der Waals surface area (Å²) >= 11 is 0. The molecule has 0 aromatic heterocycles. The first kappa shape index (κ1) is 16.3. The summed E-state index contributed by atoms with van der Waals surface area (Å²) in [5, 5.41) is 3.36. The van der Waals surface area contributed by atoms with Crippen LogP contribution in [0.4, 0.5) is 0 Å². The Bertz CT molecular complexity index is 379. The van der Waals surface area contributed by atoms with Crippen molar-refractivity contribution in [3.05, 3.63) is 0 Å². The number of ether oxygens (including phenoxy) is 1. The molecule has 0 aromatic rings. The quantitative estimate of drug-likeness (QED) is 0.804. The lowest BCUT2D eigenvalue weighted by Crippen LogP contribution is -2.40. The van der Waals surface area contributed by atoms with E-state index in [0.29, 0.717) is 0 Å². The van der Waals surface area contributed by atoms with Crippen LogP contribution in [0, 0.1) is 5.92 Å². The molecule has 5 heteroatoms. The molecule has 0 saturated carbocycles. The number of amidine groups is 1. The number of hydrogen-bond acceptors (Lipinski definition) is 5. The Kier molecular flexibility index (Phi) is 5.62. The van der Waals surface area contributed by atoms with Crippen molar-refractivity contribution in [2.45, 2.75) is 52.1 Å². The molecule has 0 aromatic carbocycles. The first-order valence-electron chi connectivity index (χ1n) is 8.16. The first-order valence-corrected chi connectivity index (χ1v) is 8.16. The molecule has 1 fully saturated rings. The molecule has 1 saturated heterocycles. The van der Waals surface area contributed by atoms with Gasteiger partial charge in [0, 0.05) is 26.1 Å². The monoisotopic (exact) mass is 295 g/mol. The van der Waals surface area contributed by atoms with Crippen molar-refractivity contribution < 1.29 is 9.53 Å². The van der Waals surface area contributed by atoms with Crippen molar-refractivity contribution in [2.24, 2.45) is 10.9 Å². The van der Waals surface area contributed by atoms with Gasteiger partial charge in [-0.05, 0) is 53.1 Å². The zero-order valence-electron chi connectivity index (χ0n) is 13.7. The number of carbonyl (C=O) groups is 1. The molecule has 0 amide bonds. The molecule has 0 bridgehead atoms. The molecule has 0 atom stereocenters. The minimum Gasteiger partial charge on any atom is -0.460 e. The zero-order valence-corrected chi connectivity index (χ0v) is 13.7. The first-order chi connectivity index (χ1) is 9.94. The van der Waals surface area contributed by atoms with Crippen molar-refractivity contribution in [1.29, 1.82) is 0 Å². The van der Waals surface area contributed by atoms with Gasteiger partial charge in [0.15, 0.2) is 0 Å². The summed E-state index contributed by atoms with van der Waals surface area (Å²) in [6, 6.07) is 0. The average Bonchev–Trinajstić information content (AvgIpc) is 2.45. The van der Waals surface area contributed by atoms with Crippen LogP contribution in [0.5, 0.6) is 0 Å². The third-order valence-corrected chi connectivity index (χ3v) is 3.96. The Morgan fingerprint density at radius 1 is 1.38 bits per heavy atom. The Balaban J connectivity index is 1.68. The normalized spacial score (nSPS) is 21.6. The van der Waals surface area contributed by atoms with Crippen LogP contribution >= 0.6 is 0 Å². The number of aliphatic imine (C=N–C) groups is 1. The van der Waals surface area contributed by atoms with Crippen molar-refractivity contribution in [2.75, 3.05) is 32.7 Å². The molecule has 0 radical (unpaired) electrons. The highest BCUT2D eigenvalue weighted by atomic mass is 16.6. The Morgan fingerprint density at radius 3 is 2.67 bits per heavy atom. The maximum absolute atomic E-state index is 12.1. The van der Waals surface area contributed by atoms with E-state index in [-0.39, 0.29) is 17.5 Å². The molecule has 2 rings (SSSR count). The van der Waals surface area contributed by atoms with Crippen LogP contribution in [0.3, 0.4) is 0 Å². The minimum absolute atomic E-state index is 0.0273. The van der Waals surface area contributed by atoms with Crippen LogP contribution in [0.15, 0.2) is 4.99 Å². The SMILES string of the molecule is CC(C)(C)OC(=O)C1CCN(CCC2=NCCCN2)CC1. The summed E-state index contributed by atoms with van der Waals surface area (Å²) < 4.78 is 5.48. The fourth-order valence-electron chi connectivity index (χ4n) is 2.79. The molecule has 0 spiro atoms. The smallest absolute Gasteiger partial charge is 0.309 e. The average molecular weight is 295 g/mol. The van der Waals surface area contributed by atoms with Gasteiger partial charge in [-0.3, -0.25) is 9.79 Å². The van der Waals surface area contributed by atoms with E-state index in [1.165, 1.54) is 0 Å². The maximum Gasteiger partial charge on any atom is 0.309 e. The van der Waals surface area contributed by atoms with E-state index in [9.17, 15) is 4.79 Å². The third kappa shape index (κ3) is 5.65. The fraction of sp³-hybridized carbons (Fsp3) is 0.875. The molecule has 0 unspecified atom stereocenters. The topological polar surface area (TPSA) is 53.9 Å². The van der Waals surface area contributed by atoms with Gasteiger partial charge in [0.1, 0.15) is 5.60 Å². The molecule has 21 heavy (non-hydrogen) atoms. The molecule has 120 valence electrons. The highest BCUT2D eigenvalue weighted by Gasteiger charge is 2.28. The standard InChI is InChI=1S/C16H29N3O2/c1-16(2,3)21-15(20)13-5-10-19(11-6-13)12-7-14-17-8-4-9-18-14/h13H,4-12H2,1-3H3,(H,17,18). The minimum atomic E-state index is -0.376. The molecule has 2 heterocycles. The van der Waals surface area contributed by atoms with Crippen LogP contribution in [0.2, 0.25) is 0 Å². The second kappa shape index (κ2) is 7.25. The molecule has 5 nitrogen and oxygen atoms in total. The molecular formula is C16H29N3O2. The summed E-state index contributed by atoms with van der Waals surface area (Å²) in [7, 11) is 0. The summed E-state index contributed by atoms with van der Waals surface area (Å²) in [5.74, 6) is 1.20. The lowest BCUT2D eigenvalue weighted by molar-refractivity contribution is -0.161. The summed E-state index contributed by atoms with van der Waals surface area (Å²) in [5.41, 5.74) is -0.376. The van der Waals surface area contributed by atoms with E-state index >= 15 is 0 Å². The van der Waals surface area contributed by atoms with E-state index in [2.05, 4.69) is 15.2 Å². The van der Waals surface area contributed by atoms with Crippen LogP contribution in [0.25, 0.3) is 0 Å². The van der Waals surface area contributed by atoms with Crippen LogP contribution in [-0.4, -0.2) is 55.0 Å². The molecule has 2 aliphatic rings. The number of rotatable bonds is 4. The third-order valence-electron chi connectivity index (χ3n) is 3.96. The number of piperidine rings is 1. The van der Waals surface area contributed by atoms with E-state index in [0.717, 1.165) is 64.2 Å². The number of nitrogens with zero attached hydrogens (tertiary/aromatic N) is 2. The van der Waals surface area contributed by atoms with Crippen molar-refractivity contribution >= 4 is 11.8 Å². The van der Waals surface area contributed by atoms with Crippen molar-refractivity contribution in [3.63, 3.8) is 0 Å². The predicted octanol–water partition coefficient (Wildman–Crippen LogP) is 1.82. The lowest BCUT2D eigenvalue weighted by atomic mass is 9.96. The van der Waals surface area contributed by atoms with Crippen LogP contribution in [-0.2, 0) is 9.53 Å². The lowest BCUT2D eigenvalue weighted by Gasteiger charge is -2.32. The van der Waals surface area contributed by atoms with Crippen molar-refractivity contribution in [1.82, 2.24) is 10.2 Å². The van der Waals surface area contributed by atoms with Crippen molar-refractivity contribution in [3.8, 4) is 0 Å². The molecule has 2 aliphatic heterocycles. The molecular weight excluding hydrogens is 266 g/mol. The Morgan fingerprint density at radius 2 is 2.10 bits per heavy atom. The van der Waals surface area contributed by atoms with Gasteiger partial charge >= 0.3 is 5.97 Å². The number of likely N-dealkylation sites (tertiary alicyclic amines) is 1. The second-order valence-electron chi connectivity index (χ2n) is 7.01. The van der Waals surface area contributed by atoms with Gasteiger partial charge in [-0.1, -0.05) is 0 Å². The second-order valence-corrected chi connectivity index (χ2v) is 7.01. The van der Waals surface area contributed by atoms with Crippen LogP contribution in [0.1, 0.15) is 46.5 Å². The van der Waals surface area contributed by atoms with E-state index < -0.39 is 0 Å².